The molecule has 8 heteroatoms. The van der Waals surface area contributed by atoms with Crippen molar-refractivity contribution in [3.05, 3.63) is 59.4 Å². The van der Waals surface area contributed by atoms with E-state index in [1.54, 1.807) is 13.8 Å². The van der Waals surface area contributed by atoms with Gasteiger partial charge in [-0.15, -0.1) is 0 Å². The average molecular weight is 352 g/mol. The summed E-state index contributed by atoms with van der Waals surface area (Å²) >= 11 is 0. The number of aromatic nitrogens is 1. The summed E-state index contributed by atoms with van der Waals surface area (Å²) in [7, 11) is 0. The topological polar surface area (TPSA) is 82.3 Å². The molecule has 132 valence electrons. The summed E-state index contributed by atoms with van der Waals surface area (Å²) in [6.07, 6.45) is -4.28. The number of hydrogen-bond acceptors (Lipinski definition) is 4. The van der Waals surface area contributed by atoms with Gasteiger partial charge in [-0.25, -0.2) is 9.78 Å². The molecule has 2 rings (SSSR count). The first-order valence-corrected chi connectivity index (χ1v) is 7.17. The maximum atomic E-state index is 12.7. The molecule has 5 nitrogen and oxygen atoms in total. The van der Waals surface area contributed by atoms with Gasteiger partial charge in [-0.1, -0.05) is 12.1 Å². The number of hydrogen-bond donors (Lipinski definition) is 1. The molecule has 25 heavy (non-hydrogen) atoms. The molecule has 2 N–H and O–H groups in total. The van der Waals surface area contributed by atoms with E-state index < -0.39 is 29.0 Å². The van der Waals surface area contributed by atoms with E-state index in [2.05, 4.69) is 9.72 Å². The normalized spacial score (nSPS) is 11.9. The lowest BCUT2D eigenvalue weighted by atomic mass is 9.79. The maximum Gasteiger partial charge on any atom is 0.416 e. The third-order valence-electron chi connectivity index (χ3n) is 3.69. The van der Waals surface area contributed by atoms with Crippen LogP contribution in [0.3, 0.4) is 0 Å². The molecule has 1 heterocycles. The monoisotopic (exact) mass is 352 g/mol. The highest BCUT2D eigenvalue weighted by molar-refractivity contribution is 6.02. The van der Waals surface area contributed by atoms with Gasteiger partial charge < -0.3 is 10.5 Å². The minimum Gasteiger partial charge on any atom is -0.409 e. The number of ketones is 1. The summed E-state index contributed by atoms with van der Waals surface area (Å²) in [4.78, 5) is 27.2. The molecule has 1 aromatic carbocycles. The first-order valence-electron chi connectivity index (χ1n) is 7.17. The van der Waals surface area contributed by atoms with E-state index in [9.17, 15) is 22.8 Å². The van der Waals surface area contributed by atoms with E-state index in [0.29, 0.717) is 5.56 Å². The van der Waals surface area contributed by atoms with Crippen LogP contribution < -0.4 is 10.5 Å². The summed E-state index contributed by atoms with van der Waals surface area (Å²) in [6.45, 7) is 3.18. The Morgan fingerprint density at radius 1 is 1.00 bits per heavy atom. The molecular weight excluding hydrogens is 337 g/mol. The largest absolute Gasteiger partial charge is 0.416 e. The van der Waals surface area contributed by atoms with E-state index in [4.69, 9.17) is 5.73 Å². The summed E-state index contributed by atoms with van der Waals surface area (Å²) in [5, 5.41) is 0. The maximum absolute atomic E-state index is 12.7. The number of alkyl halides is 3. The molecule has 0 aliphatic carbocycles. The number of rotatable bonds is 4. The Labute approximate surface area is 141 Å². The molecule has 0 radical (unpaired) electrons. The number of benzene rings is 1. The predicted octanol–water partition coefficient (Wildman–Crippen LogP) is 3.72. The fraction of sp³-hybridized carbons (Fsp3) is 0.235. The molecule has 0 spiro atoms. The third-order valence-corrected chi connectivity index (χ3v) is 3.69. The van der Waals surface area contributed by atoms with Crippen LogP contribution >= 0.6 is 0 Å². The van der Waals surface area contributed by atoms with Gasteiger partial charge in [0.2, 0.25) is 0 Å². The van der Waals surface area contributed by atoms with Crippen LogP contribution in [0.15, 0.2) is 42.6 Å². The Kier molecular flexibility index (Phi) is 4.82. The van der Waals surface area contributed by atoms with Gasteiger partial charge in [0.05, 0.1) is 17.2 Å². The Morgan fingerprint density at radius 3 is 2.00 bits per heavy atom. The number of pyridine rings is 1. The Bertz CT molecular complexity index is 782. The highest BCUT2D eigenvalue weighted by atomic mass is 19.4. The van der Waals surface area contributed by atoms with Gasteiger partial charge in [-0.2, -0.15) is 13.2 Å². The molecule has 0 atom stereocenters. The van der Waals surface area contributed by atoms with Crippen LogP contribution in [0.1, 0.15) is 35.5 Å². The molecule has 0 saturated heterocycles. The summed E-state index contributed by atoms with van der Waals surface area (Å²) in [6, 6.07) is 7.11. The zero-order valence-electron chi connectivity index (χ0n) is 13.4. The van der Waals surface area contributed by atoms with Crippen molar-refractivity contribution in [1.29, 1.82) is 0 Å². The molecule has 0 fully saturated rings. The second-order valence-electron chi connectivity index (χ2n) is 5.83. The molecular formula is C17H15F3N2O3. The lowest BCUT2D eigenvalue weighted by Crippen LogP contribution is -2.30. The lowest BCUT2D eigenvalue weighted by Gasteiger charge is -2.23. The molecule has 0 saturated carbocycles. The van der Waals surface area contributed by atoms with Crippen molar-refractivity contribution in [3.63, 3.8) is 0 Å². The second-order valence-corrected chi connectivity index (χ2v) is 5.83. The van der Waals surface area contributed by atoms with Gasteiger partial charge in [0.25, 0.3) is 0 Å². The van der Waals surface area contributed by atoms with Gasteiger partial charge in [0, 0.05) is 0 Å². The fourth-order valence-corrected chi connectivity index (χ4v) is 2.22. The first-order chi connectivity index (χ1) is 11.5. The number of carbonyl (C=O) groups is 2. The minimum atomic E-state index is -4.44. The van der Waals surface area contributed by atoms with Crippen LogP contribution in [-0.2, 0) is 11.6 Å². The van der Waals surface area contributed by atoms with E-state index in [1.165, 1.54) is 30.5 Å². The average Bonchev–Trinajstić information content (AvgIpc) is 2.53. The number of nitrogens with zero attached hydrogens (tertiary/aromatic N) is 1. The number of Topliss-reactive ketones (excluding diaryl/α,β-unsaturated/α-hetero) is 1. The van der Waals surface area contributed by atoms with Gasteiger partial charge in [0.15, 0.2) is 11.5 Å². The Morgan fingerprint density at radius 2 is 1.56 bits per heavy atom. The number of ether oxygens (including phenoxy) is 1. The molecule has 1 aromatic heterocycles. The van der Waals surface area contributed by atoms with Crippen molar-refractivity contribution in [3.8, 4) is 5.75 Å². The number of primary amides is 1. The zero-order valence-corrected chi connectivity index (χ0v) is 13.4. The number of amides is 1. The standard InChI is InChI=1S/C17H15F3N2O3/c1-16(2,10-3-5-11(6-4-10)17(18,19)20)14(23)13-8-7-12(9-22-13)25-15(21)24/h3-9H,1-2H3,(H2,21,24). The molecule has 1 amide bonds. The fourth-order valence-electron chi connectivity index (χ4n) is 2.22. The molecule has 0 aliphatic heterocycles. The van der Waals surface area contributed by atoms with E-state index in [1.807, 2.05) is 0 Å². The highest BCUT2D eigenvalue weighted by Crippen LogP contribution is 2.32. The quantitative estimate of drug-likeness (QED) is 0.850. The van der Waals surface area contributed by atoms with Crippen molar-refractivity contribution in [2.75, 3.05) is 0 Å². The smallest absolute Gasteiger partial charge is 0.409 e. The number of nitrogens with two attached hydrogens (primary N) is 1. The van der Waals surface area contributed by atoms with E-state index in [0.717, 1.165) is 12.1 Å². The highest BCUT2D eigenvalue weighted by Gasteiger charge is 2.34. The zero-order chi connectivity index (χ0) is 18.8. The van der Waals surface area contributed by atoms with Crippen molar-refractivity contribution in [1.82, 2.24) is 4.98 Å². The van der Waals surface area contributed by atoms with Crippen LogP contribution in [0.2, 0.25) is 0 Å². The third kappa shape index (κ3) is 4.14. The van der Waals surface area contributed by atoms with E-state index in [-0.39, 0.29) is 11.4 Å². The van der Waals surface area contributed by atoms with Crippen LogP contribution in [0.4, 0.5) is 18.0 Å². The second kappa shape index (κ2) is 6.54. The molecule has 0 unspecified atom stereocenters. The van der Waals surface area contributed by atoms with Crippen molar-refractivity contribution < 1.29 is 27.5 Å². The molecule has 0 aliphatic rings. The van der Waals surface area contributed by atoms with Crippen LogP contribution in [0.25, 0.3) is 0 Å². The van der Waals surface area contributed by atoms with Crippen molar-refractivity contribution >= 4 is 11.9 Å². The van der Waals surface area contributed by atoms with Gasteiger partial charge in [-0.3, -0.25) is 4.79 Å². The van der Waals surface area contributed by atoms with Crippen LogP contribution in [0, 0.1) is 0 Å². The van der Waals surface area contributed by atoms with Crippen molar-refractivity contribution in [2.24, 2.45) is 5.73 Å². The van der Waals surface area contributed by atoms with Gasteiger partial charge in [0.1, 0.15) is 5.69 Å². The van der Waals surface area contributed by atoms with Gasteiger partial charge in [-0.05, 0) is 43.7 Å². The molecule has 2 aromatic rings. The lowest BCUT2D eigenvalue weighted by molar-refractivity contribution is -0.137. The summed E-state index contributed by atoms with van der Waals surface area (Å²) in [5.74, 6) is -0.311. The number of carbonyl (C=O) groups excluding carboxylic acids is 2. The SMILES string of the molecule is CC(C)(C(=O)c1ccc(OC(N)=O)cn1)c1ccc(C(F)(F)F)cc1. The van der Waals surface area contributed by atoms with Gasteiger partial charge >= 0.3 is 12.3 Å². The van der Waals surface area contributed by atoms with Crippen LogP contribution in [-0.4, -0.2) is 16.9 Å². The van der Waals surface area contributed by atoms with E-state index >= 15 is 0 Å². The van der Waals surface area contributed by atoms with Crippen LogP contribution in [0.5, 0.6) is 5.75 Å². The summed E-state index contributed by atoms with van der Waals surface area (Å²) < 4.78 is 42.6. The Balaban J connectivity index is 2.26. The summed E-state index contributed by atoms with van der Waals surface area (Å²) in [5.41, 5.74) is 3.50. The number of halogens is 3. The Hall–Kier alpha value is -2.90. The minimum absolute atomic E-state index is 0.0800. The predicted molar refractivity (Wildman–Crippen MR) is 83.2 cm³/mol. The molecule has 0 bridgehead atoms. The first kappa shape index (κ1) is 18.4. The van der Waals surface area contributed by atoms with Crippen molar-refractivity contribution in [2.45, 2.75) is 25.4 Å².